The molecule has 6 nitrogen and oxygen atoms in total. The van der Waals surface area contributed by atoms with E-state index in [-0.39, 0.29) is 12.4 Å². The van der Waals surface area contributed by atoms with E-state index in [1.54, 1.807) is 6.07 Å². The van der Waals surface area contributed by atoms with Crippen LogP contribution in [0.15, 0.2) is 21.2 Å². The number of carbonyl (C=O) groups is 1. The van der Waals surface area contributed by atoms with Gasteiger partial charge in [-0.1, -0.05) is 0 Å². The summed E-state index contributed by atoms with van der Waals surface area (Å²) in [4.78, 5) is 15.7. The summed E-state index contributed by atoms with van der Waals surface area (Å²) in [6.07, 6.45) is 1.51. The van der Waals surface area contributed by atoms with Gasteiger partial charge < -0.3 is 18.3 Å². The molecule has 0 saturated heterocycles. The van der Waals surface area contributed by atoms with Crippen LogP contribution < -0.4 is 0 Å². The molecule has 0 fully saturated rings. The normalized spacial score (nSPS) is 10.6. The van der Waals surface area contributed by atoms with Crippen LogP contribution in [0.2, 0.25) is 0 Å². The predicted molar refractivity (Wildman–Crippen MR) is 61.0 cm³/mol. The second-order valence-corrected chi connectivity index (χ2v) is 3.67. The summed E-state index contributed by atoms with van der Waals surface area (Å²) in [5, 5.41) is 0. The Bertz CT molecular complexity index is 555. The molecule has 0 radical (unpaired) electrons. The maximum Gasteiger partial charge on any atom is 0.376 e. The minimum absolute atomic E-state index is 0.0493. The van der Waals surface area contributed by atoms with Crippen molar-refractivity contribution in [3.8, 4) is 11.5 Å². The van der Waals surface area contributed by atoms with Crippen LogP contribution in [0.25, 0.3) is 11.5 Å². The quantitative estimate of drug-likeness (QED) is 0.775. The van der Waals surface area contributed by atoms with E-state index in [2.05, 4.69) is 9.72 Å². The molecule has 0 atom stereocenters. The van der Waals surface area contributed by atoms with E-state index in [0.717, 1.165) is 5.76 Å². The predicted octanol–water partition coefficient (Wildman–Crippen LogP) is 2.18. The van der Waals surface area contributed by atoms with E-state index in [9.17, 15) is 4.79 Å². The second kappa shape index (κ2) is 5.05. The van der Waals surface area contributed by atoms with Crippen LogP contribution in [0.4, 0.5) is 0 Å². The summed E-state index contributed by atoms with van der Waals surface area (Å²) in [5.41, 5.74) is 1.07. The van der Waals surface area contributed by atoms with Crippen molar-refractivity contribution in [1.29, 1.82) is 0 Å². The summed E-state index contributed by atoms with van der Waals surface area (Å²) < 4.78 is 20.2. The molecule has 0 bridgehead atoms. The van der Waals surface area contributed by atoms with E-state index in [4.69, 9.17) is 13.6 Å². The van der Waals surface area contributed by atoms with Crippen molar-refractivity contribution in [3.63, 3.8) is 0 Å². The van der Waals surface area contributed by atoms with Crippen LogP contribution in [0.1, 0.15) is 22.0 Å². The van der Waals surface area contributed by atoms with E-state index in [1.165, 1.54) is 20.5 Å². The molecule has 0 aromatic carbocycles. The van der Waals surface area contributed by atoms with Crippen LogP contribution in [0.3, 0.4) is 0 Å². The van der Waals surface area contributed by atoms with Gasteiger partial charge in [0.1, 0.15) is 17.7 Å². The average Bonchev–Trinajstić information content (AvgIpc) is 2.95. The third-order valence-electron chi connectivity index (χ3n) is 2.33. The van der Waals surface area contributed by atoms with Crippen LogP contribution in [0, 0.1) is 6.92 Å². The number of hydrogen-bond donors (Lipinski definition) is 0. The minimum Gasteiger partial charge on any atom is -0.469 e. The Morgan fingerprint density at radius 3 is 2.78 bits per heavy atom. The number of carbonyl (C=O) groups excluding carboxylic acids is 1. The average molecular weight is 251 g/mol. The molecule has 18 heavy (non-hydrogen) atoms. The zero-order valence-corrected chi connectivity index (χ0v) is 10.4. The highest BCUT2D eigenvalue weighted by Crippen LogP contribution is 2.24. The summed E-state index contributed by atoms with van der Waals surface area (Å²) in [6.45, 7) is 1.98. The van der Waals surface area contributed by atoms with E-state index >= 15 is 0 Å². The molecule has 2 aromatic rings. The fraction of sp³-hybridized carbons (Fsp3) is 0.333. The number of rotatable bonds is 4. The molecule has 6 heteroatoms. The van der Waals surface area contributed by atoms with E-state index in [1.807, 2.05) is 6.92 Å². The number of aromatic nitrogens is 1. The monoisotopic (exact) mass is 251 g/mol. The number of esters is 1. The smallest absolute Gasteiger partial charge is 0.376 e. The molecule has 0 aliphatic rings. The molecule has 96 valence electrons. The lowest BCUT2D eigenvalue weighted by molar-refractivity contribution is 0.0559. The SMILES string of the molecule is COCc1nc(-c2coc(C)c2)oc1C(=O)OC. The maximum atomic E-state index is 11.5. The molecular weight excluding hydrogens is 238 g/mol. The number of hydrogen-bond acceptors (Lipinski definition) is 6. The highest BCUT2D eigenvalue weighted by atomic mass is 16.5. The number of methoxy groups -OCH3 is 2. The molecule has 0 unspecified atom stereocenters. The van der Waals surface area contributed by atoms with Gasteiger partial charge in [-0.15, -0.1) is 0 Å². The summed E-state index contributed by atoms with van der Waals surface area (Å²) in [5.74, 6) is 0.504. The molecule has 0 spiro atoms. The molecule has 0 amide bonds. The van der Waals surface area contributed by atoms with Crippen molar-refractivity contribution >= 4 is 5.97 Å². The number of ether oxygens (including phenoxy) is 2. The summed E-state index contributed by atoms with van der Waals surface area (Å²) in [7, 11) is 2.79. The zero-order chi connectivity index (χ0) is 13.1. The fourth-order valence-electron chi connectivity index (χ4n) is 1.52. The number of furan rings is 1. The highest BCUT2D eigenvalue weighted by molar-refractivity contribution is 5.87. The van der Waals surface area contributed by atoms with Gasteiger partial charge in [-0.05, 0) is 13.0 Å². The Hall–Kier alpha value is -2.08. The lowest BCUT2D eigenvalue weighted by atomic mass is 10.3. The molecule has 0 aliphatic heterocycles. The van der Waals surface area contributed by atoms with Crippen LogP contribution in [0.5, 0.6) is 0 Å². The zero-order valence-electron chi connectivity index (χ0n) is 10.4. The highest BCUT2D eigenvalue weighted by Gasteiger charge is 2.22. The van der Waals surface area contributed by atoms with Crippen molar-refractivity contribution in [2.75, 3.05) is 14.2 Å². The lowest BCUT2D eigenvalue weighted by Gasteiger charge is -1.96. The van der Waals surface area contributed by atoms with Gasteiger partial charge in [0.15, 0.2) is 0 Å². The number of nitrogens with zero attached hydrogens (tertiary/aromatic N) is 1. The van der Waals surface area contributed by atoms with Crippen molar-refractivity contribution in [2.24, 2.45) is 0 Å². The van der Waals surface area contributed by atoms with Crippen molar-refractivity contribution in [3.05, 3.63) is 29.5 Å². The van der Waals surface area contributed by atoms with Gasteiger partial charge in [0.05, 0.1) is 19.3 Å². The topological polar surface area (TPSA) is 74.7 Å². The molecule has 2 heterocycles. The van der Waals surface area contributed by atoms with Gasteiger partial charge in [-0.2, -0.15) is 0 Å². The van der Waals surface area contributed by atoms with Crippen molar-refractivity contribution in [2.45, 2.75) is 13.5 Å². The maximum absolute atomic E-state index is 11.5. The molecule has 0 N–H and O–H groups in total. The summed E-state index contributed by atoms with van der Waals surface area (Å²) in [6, 6.07) is 1.77. The second-order valence-electron chi connectivity index (χ2n) is 3.67. The number of aryl methyl sites for hydroxylation is 1. The van der Waals surface area contributed by atoms with E-state index < -0.39 is 5.97 Å². The molecule has 0 saturated carbocycles. The first-order valence-corrected chi connectivity index (χ1v) is 5.28. The Morgan fingerprint density at radius 2 is 2.22 bits per heavy atom. The Morgan fingerprint density at radius 1 is 1.44 bits per heavy atom. The third-order valence-corrected chi connectivity index (χ3v) is 2.33. The summed E-state index contributed by atoms with van der Waals surface area (Å²) >= 11 is 0. The van der Waals surface area contributed by atoms with Gasteiger partial charge in [-0.3, -0.25) is 0 Å². The van der Waals surface area contributed by atoms with Gasteiger partial charge >= 0.3 is 5.97 Å². The Kier molecular flexibility index (Phi) is 3.47. The first-order chi connectivity index (χ1) is 8.65. The van der Waals surface area contributed by atoms with Crippen LogP contribution >= 0.6 is 0 Å². The first-order valence-electron chi connectivity index (χ1n) is 5.28. The Balaban J connectivity index is 2.41. The fourth-order valence-corrected chi connectivity index (χ4v) is 1.52. The number of oxazole rings is 1. The standard InChI is InChI=1S/C12H13NO5/c1-7-4-8(5-17-7)11-13-9(6-15-2)10(18-11)12(14)16-3/h4-5H,6H2,1-3H3. The van der Waals surface area contributed by atoms with E-state index in [0.29, 0.717) is 17.1 Å². The van der Waals surface area contributed by atoms with Crippen molar-refractivity contribution in [1.82, 2.24) is 4.98 Å². The van der Waals surface area contributed by atoms with Crippen molar-refractivity contribution < 1.29 is 23.1 Å². The lowest BCUT2D eigenvalue weighted by Crippen LogP contribution is -2.04. The first kappa shape index (κ1) is 12.4. The molecular formula is C12H13NO5. The third kappa shape index (κ3) is 2.28. The molecule has 2 aromatic heterocycles. The van der Waals surface area contributed by atoms with Crippen LogP contribution in [-0.4, -0.2) is 25.2 Å². The molecule has 0 aliphatic carbocycles. The minimum atomic E-state index is -0.582. The van der Waals surface area contributed by atoms with Gasteiger partial charge in [0, 0.05) is 7.11 Å². The molecule has 2 rings (SSSR count). The van der Waals surface area contributed by atoms with Crippen LogP contribution in [-0.2, 0) is 16.1 Å². The van der Waals surface area contributed by atoms with Gasteiger partial charge in [0.25, 0.3) is 0 Å². The van der Waals surface area contributed by atoms with Gasteiger partial charge in [0.2, 0.25) is 11.7 Å². The van der Waals surface area contributed by atoms with Gasteiger partial charge in [-0.25, -0.2) is 9.78 Å². The Labute approximate surface area is 104 Å². The largest absolute Gasteiger partial charge is 0.469 e.